The van der Waals surface area contributed by atoms with E-state index >= 15 is 0 Å². The van der Waals surface area contributed by atoms with Crippen LogP contribution in [0.1, 0.15) is 22.3 Å². The zero-order chi connectivity index (χ0) is 26.3. The number of hydrogen-bond donors (Lipinski definition) is 0. The molecule has 5 rings (SSSR count). The second-order valence-corrected chi connectivity index (χ2v) is 9.12. The molecule has 4 aromatic carbocycles. The Hall–Kier alpha value is -4.32. The Morgan fingerprint density at radius 2 is 1.18 bits per heavy atom. The van der Waals surface area contributed by atoms with Crippen molar-refractivity contribution in [2.24, 2.45) is 0 Å². The third kappa shape index (κ3) is 5.97. The third-order valence-electron chi connectivity index (χ3n) is 6.61. The van der Waals surface area contributed by atoms with E-state index in [1.165, 1.54) is 11.1 Å². The first-order valence-electron chi connectivity index (χ1n) is 12.7. The molecule has 0 amide bonds. The van der Waals surface area contributed by atoms with Gasteiger partial charge in [-0.05, 0) is 96.5 Å². The van der Waals surface area contributed by atoms with Crippen LogP contribution in [-0.4, -0.2) is 28.1 Å². The van der Waals surface area contributed by atoms with Gasteiger partial charge in [0.1, 0.15) is 11.5 Å². The van der Waals surface area contributed by atoms with E-state index in [4.69, 9.17) is 28.4 Å². The molecule has 0 unspecified atom stereocenters. The van der Waals surface area contributed by atoms with E-state index in [0.29, 0.717) is 17.2 Å². The Morgan fingerprint density at radius 3 is 1.89 bits per heavy atom. The maximum absolute atomic E-state index is 6.35. The van der Waals surface area contributed by atoms with Crippen molar-refractivity contribution in [1.29, 1.82) is 0 Å². The lowest BCUT2D eigenvalue weighted by Gasteiger charge is -2.13. The lowest BCUT2D eigenvalue weighted by atomic mass is 10.0. The summed E-state index contributed by atoms with van der Waals surface area (Å²) in [7, 11) is 4.98. The van der Waals surface area contributed by atoms with E-state index < -0.39 is 0 Å². The molecule has 196 valence electrons. The SMILES string of the molecule is COc1cccc(CCc2cccc(Oc3cc(CCc4ccc(OC)c(OC)c4)cc4c3OCO4)c2)c1. The molecule has 38 heavy (non-hydrogen) atoms. The first-order chi connectivity index (χ1) is 18.6. The standard InChI is InChI=1S/C32H32O6/c1-33-26-8-4-6-22(16-26)10-11-23-7-5-9-27(17-23)38-31-20-25(19-30-32(31)37-21-36-30)13-12-24-14-15-28(34-2)29(18-24)35-3/h4-9,14-20H,10-13,21H2,1-3H3. The van der Waals surface area contributed by atoms with Crippen LogP contribution in [0.4, 0.5) is 0 Å². The van der Waals surface area contributed by atoms with E-state index in [9.17, 15) is 0 Å². The van der Waals surface area contributed by atoms with Gasteiger partial charge in [-0.1, -0.05) is 30.3 Å². The molecule has 1 aliphatic rings. The fourth-order valence-corrected chi connectivity index (χ4v) is 4.59. The Kier molecular flexibility index (Phi) is 7.88. The van der Waals surface area contributed by atoms with Gasteiger partial charge in [-0.25, -0.2) is 0 Å². The van der Waals surface area contributed by atoms with Crippen molar-refractivity contribution in [1.82, 2.24) is 0 Å². The number of hydrogen-bond acceptors (Lipinski definition) is 6. The molecule has 0 bridgehead atoms. The van der Waals surface area contributed by atoms with Crippen molar-refractivity contribution in [3.8, 4) is 40.2 Å². The Bertz CT molecular complexity index is 1400. The van der Waals surface area contributed by atoms with E-state index in [2.05, 4.69) is 30.3 Å². The number of fused-ring (bicyclic) bond motifs is 1. The molecule has 0 aromatic heterocycles. The molecule has 0 saturated carbocycles. The number of ether oxygens (including phenoxy) is 6. The van der Waals surface area contributed by atoms with Gasteiger partial charge in [0.25, 0.3) is 0 Å². The first-order valence-corrected chi connectivity index (χ1v) is 12.7. The Balaban J connectivity index is 1.29. The molecule has 4 aromatic rings. The van der Waals surface area contributed by atoms with Crippen LogP contribution in [0.5, 0.6) is 40.2 Å². The molecule has 6 nitrogen and oxygen atoms in total. The van der Waals surface area contributed by atoms with Gasteiger partial charge in [-0.3, -0.25) is 0 Å². The maximum atomic E-state index is 6.35. The predicted octanol–water partition coefficient (Wildman–Crippen LogP) is 6.80. The zero-order valence-electron chi connectivity index (χ0n) is 22.0. The highest BCUT2D eigenvalue weighted by Crippen LogP contribution is 2.44. The Morgan fingerprint density at radius 1 is 0.553 bits per heavy atom. The highest BCUT2D eigenvalue weighted by atomic mass is 16.7. The fraction of sp³-hybridized carbons (Fsp3) is 0.250. The van der Waals surface area contributed by atoms with E-state index in [1.807, 2.05) is 48.5 Å². The molecule has 0 N–H and O–H groups in total. The van der Waals surface area contributed by atoms with Gasteiger partial charge in [0.05, 0.1) is 21.3 Å². The maximum Gasteiger partial charge on any atom is 0.231 e. The second-order valence-electron chi connectivity index (χ2n) is 9.12. The van der Waals surface area contributed by atoms with Crippen molar-refractivity contribution in [2.45, 2.75) is 25.7 Å². The molecule has 0 aliphatic carbocycles. The van der Waals surface area contributed by atoms with Crippen LogP contribution >= 0.6 is 0 Å². The van der Waals surface area contributed by atoms with Crippen molar-refractivity contribution >= 4 is 0 Å². The number of rotatable bonds is 11. The molecule has 6 heteroatoms. The molecular weight excluding hydrogens is 480 g/mol. The summed E-state index contributed by atoms with van der Waals surface area (Å²) in [6, 6.07) is 26.5. The van der Waals surface area contributed by atoms with Gasteiger partial charge >= 0.3 is 0 Å². The summed E-state index contributed by atoms with van der Waals surface area (Å²) in [6.45, 7) is 0.186. The van der Waals surface area contributed by atoms with Crippen molar-refractivity contribution in [3.05, 3.63) is 101 Å². The van der Waals surface area contributed by atoms with Crippen LogP contribution in [0.3, 0.4) is 0 Å². The van der Waals surface area contributed by atoms with Gasteiger partial charge in [0.15, 0.2) is 23.0 Å². The smallest absolute Gasteiger partial charge is 0.231 e. The number of benzene rings is 4. The van der Waals surface area contributed by atoms with Crippen molar-refractivity contribution in [3.63, 3.8) is 0 Å². The highest BCUT2D eigenvalue weighted by molar-refractivity contribution is 5.56. The van der Waals surface area contributed by atoms with Crippen LogP contribution < -0.4 is 28.4 Å². The fourth-order valence-electron chi connectivity index (χ4n) is 4.59. The quantitative estimate of drug-likeness (QED) is 0.220. The molecule has 1 aliphatic heterocycles. The minimum Gasteiger partial charge on any atom is -0.497 e. The molecule has 0 atom stereocenters. The monoisotopic (exact) mass is 512 g/mol. The van der Waals surface area contributed by atoms with Crippen LogP contribution in [0.25, 0.3) is 0 Å². The topological polar surface area (TPSA) is 55.4 Å². The predicted molar refractivity (Wildman–Crippen MR) is 146 cm³/mol. The largest absolute Gasteiger partial charge is 0.497 e. The zero-order valence-corrected chi connectivity index (χ0v) is 22.0. The van der Waals surface area contributed by atoms with Gasteiger partial charge in [0, 0.05) is 0 Å². The Labute approximate surface area is 223 Å². The lowest BCUT2D eigenvalue weighted by Crippen LogP contribution is -1.96. The third-order valence-corrected chi connectivity index (χ3v) is 6.61. The summed E-state index contributed by atoms with van der Waals surface area (Å²) >= 11 is 0. The van der Waals surface area contributed by atoms with Gasteiger partial charge in [-0.15, -0.1) is 0 Å². The number of aryl methyl sites for hydroxylation is 4. The molecular formula is C32H32O6. The van der Waals surface area contributed by atoms with Crippen LogP contribution in [0.2, 0.25) is 0 Å². The van der Waals surface area contributed by atoms with Crippen LogP contribution in [-0.2, 0) is 25.7 Å². The summed E-state index contributed by atoms with van der Waals surface area (Å²) < 4.78 is 34.0. The molecule has 0 spiro atoms. The summed E-state index contributed by atoms with van der Waals surface area (Å²) in [5.41, 5.74) is 4.70. The first kappa shape index (κ1) is 25.3. The molecule has 0 saturated heterocycles. The highest BCUT2D eigenvalue weighted by Gasteiger charge is 2.21. The van der Waals surface area contributed by atoms with Crippen LogP contribution in [0, 0.1) is 0 Å². The average Bonchev–Trinajstić information content (AvgIpc) is 3.44. The van der Waals surface area contributed by atoms with Crippen molar-refractivity contribution < 1.29 is 28.4 Å². The summed E-state index contributed by atoms with van der Waals surface area (Å²) in [5, 5.41) is 0. The number of methoxy groups -OCH3 is 3. The summed E-state index contributed by atoms with van der Waals surface area (Å²) in [6.07, 6.45) is 3.45. The summed E-state index contributed by atoms with van der Waals surface area (Å²) in [5.74, 6) is 5.10. The average molecular weight is 513 g/mol. The molecule has 1 heterocycles. The minimum atomic E-state index is 0.186. The van der Waals surface area contributed by atoms with Gasteiger partial charge in [-0.2, -0.15) is 0 Å². The minimum absolute atomic E-state index is 0.186. The van der Waals surface area contributed by atoms with E-state index in [0.717, 1.165) is 59.8 Å². The second kappa shape index (κ2) is 11.8. The molecule has 0 radical (unpaired) electrons. The van der Waals surface area contributed by atoms with Gasteiger partial charge < -0.3 is 28.4 Å². The van der Waals surface area contributed by atoms with Crippen molar-refractivity contribution in [2.75, 3.05) is 28.1 Å². The van der Waals surface area contributed by atoms with E-state index in [1.54, 1.807) is 21.3 Å². The molecule has 0 fully saturated rings. The lowest BCUT2D eigenvalue weighted by molar-refractivity contribution is 0.172. The summed E-state index contributed by atoms with van der Waals surface area (Å²) in [4.78, 5) is 0. The normalized spacial score (nSPS) is 11.8. The van der Waals surface area contributed by atoms with Gasteiger partial charge in [0.2, 0.25) is 12.5 Å². The van der Waals surface area contributed by atoms with Crippen LogP contribution in [0.15, 0.2) is 78.9 Å². The van der Waals surface area contributed by atoms with E-state index in [-0.39, 0.29) is 6.79 Å².